The van der Waals surface area contributed by atoms with Gasteiger partial charge in [-0.2, -0.15) is 0 Å². The first-order valence-corrected chi connectivity index (χ1v) is 9.16. The van der Waals surface area contributed by atoms with Crippen molar-refractivity contribution in [3.63, 3.8) is 0 Å². The molecule has 0 spiro atoms. The number of thioether (sulfide) groups is 2. The molecule has 0 N–H and O–H groups in total. The number of carbonyl (C=O) groups is 1. The van der Waals surface area contributed by atoms with Crippen LogP contribution in [0.3, 0.4) is 0 Å². The summed E-state index contributed by atoms with van der Waals surface area (Å²) < 4.78 is 6.27. The zero-order chi connectivity index (χ0) is 16.1. The van der Waals surface area contributed by atoms with Gasteiger partial charge in [0.1, 0.15) is 15.8 Å². The molecule has 2 rings (SSSR count). The van der Waals surface area contributed by atoms with E-state index >= 15 is 0 Å². The number of benzene rings is 1. The van der Waals surface area contributed by atoms with Crippen molar-refractivity contribution in [2.24, 2.45) is 4.99 Å². The van der Waals surface area contributed by atoms with Crippen molar-refractivity contribution in [2.45, 2.75) is 13.8 Å². The highest BCUT2D eigenvalue weighted by molar-refractivity contribution is 8.45. The Morgan fingerprint density at radius 3 is 2.64 bits per heavy atom. The fourth-order valence-corrected chi connectivity index (χ4v) is 3.49. The molecule has 0 radical (unpaired) electrons. The average Bonchev–Trinajstić information content (AvgIpc) is 2.90. The van der Waals surface area contributed by atoms with E-state index in [0.717, 1.165) is 34.5 Å². The first-order valence-electron chi connectivity index (χ1n) is 7.12. The highest BCUT2D eigenvalue weighted by Crippen LogP contribution is 2.33. The first kappa shape index (κ1) is 17.0. The molecule has 0 bridgehead atoms. The number of rotatable bonds is 5. The van der Waals surface area contributed by atoms with Crippen molar-refractivity contribution in [3.8, 4) is 5.75 Å². The molecular formula is C16H20N2O2S2. The molecule has 1 aliphatic rings. The lowest BCUT2D eigenvalue weighted by atomic mass is 10.1. The fourth-order valence-electron chi connectivity index (χ4n) is 2.23. The molecule has 22 heavy (non-hydrogen) atoms. The smallest absolute Gasteiger partial charge is 0.244 e. The van der Waals surface area contributed by atoms with Crippen molar-refractivity contribution >= 4 is 44.8 Å². The Hall–Kier alpha value is -1.40. The second-order valence-corrected chi connectivity index (χ2v) is 6.61. The molecule has 0 aromatic heterocycles. The minimum absolute atomic E-state index is 0.0146. The van der Waals surface area contributed by atoms with E-state index in [1.807, 2.05) is 24.5 Å². The number of carbonyl (C=O) groups excluding carboxylic acids is 1. The molecule has 0 unspecified atom stereocenters. The highest BCUT2D eigenvalue weighted by Gasteiger charge is 2.22. The summed E-state index contributed by atoms with van der Waals surface area (Å²) in [6.07, 6.45) is 3.71. The van der Waals surface area contributed by atoms with Crippen LogP contribution in [0.1, 0.15) is 19.4 Å². The summed E-state index contributed by atoms with van der Waals surface area (Å²) in [5.41, 5.74) is 2.46. The summed E-state index contributed by atoms with van der Waals surface area (Å²) in [6, 6.07) is 6.03. The molecule has 0 saturated carbocycles. The van der Waals surface area contributed by atoms with Gasteiger partial charge in [-0.3, -0.25) is 4.79 Å². The van der Waals surface area contributed by atoms with E-state index in [0.29, 0.717) is 5.70 Å². The Morgan fingerprint density at radius 1 is 1.36 bits per heavy atom. The van der Waals surface area contributed by atoms with Crippen LogP contribution in [0.4, 0.5) is 5.69 Å². The van der Waals surface area contributed by atoms with Crippen LogP contribution in [-0.4, -0.2) is 35.9 Å². The minimum atomic E-state index is -0.0146. The molecule has 0 fully saturated rings. The van der Waals surface area contributed by atoms with Crippen LogP contribution >= 0.6 is 23.5 Å². The third kappa shape index (κ3) is 3.67. The lowest BCUT2D eigenvalue weighted by Crippen LogP contribution is -2.21. The van der Waals surface area contributed by atoms with Crippen LogP contribution in [0, 0.1) is 0 Å². The second kappa shape index (κ2) is 7.74. The second-order valence-electron chi connectivity index (χ2n) is 4.60. The lowest BCUT2D eigenvalue weighted by Gasteiger charge is -2.22. The highest BCUT2D eigenvalue weighted by atomic mass is 32.2. The van der Waals surface area contributed by atoms with Gasteiger partial charge < -0.3 is 9.64 Å². The maximum Gasteiger partial charge on any atom is 0.244 e. The molecule has 6 heteroatoms. The van der Waals surface area contributed by atoms with Gasteiger partial charge in [-0.15, -0.1) is 11.8 Å². The van der Waals surface area contributed by atoms with Crippen molar-refractivity contribution in [3.05, 3.63) is 29.5 Å². The van der Waals surface area contributed by atoms with E-state index in [1.54, 1.807) is 13.2 Å². The minimum Gasteiger partial charge on any atom is -0.496 e. The van der Waals surface area contributed by atoms with Crippen LogP contribution in [0.25, 0.3) is 6.08 Å². The summed E-state index contributed by atoms with van der Waals surface area (Å²) in [6.45, 7) is 6.13. The Balaban J connectivity index is 2.36. The van der Waals surface area contributed by atoms with E-state index in [4.69, 9.17) is 4.74 Å². The molecule has 0 atom stereocenters. The van der Waals surface area contributed by atoms with E-state index in [2.05, 4.69) is 23.7 Å². The van der Waals surface area contributed by atoms with Crippen molar-refractivity contribution in [2.75, 3.05) is 31.4 Å². The van der Waals surface area contributed by atoms with Gasteiger partial charge in [-0.05, 0) is 50.1 Å². The van der Waals surface area contributed by atoms with Crippen LogP contribution in [0.5, 0.6) is 5.75 Å². The van der Waals surface area contributed by atoms with Crippen LogP contribution in [0.2, 0.25) is 0 Å². The van der Waals surface area contributed by atoms with Gasteiger partial charge in [-0.1, -0.05) is 0 Å². The third-order valence-electron chi connectivity index (χ3n) is 3.41. The zero-order valence-corrected chi connectivity index (χ0v) is 14.9. The lowest BCUT2D eigenvalue weighted by molar-refractivity contribution is -0.107. The number of nitrogens with zero attached hydrogens (tertiary/aromatic N) is 2. The molecule has 0 saturated heterocycles. The molecule has 118 valence electrons. The SMILES string of the molecule is CCN(CC)c1ccc(/C=C2/N=C(SC)SC2=O)c(OC)c1. The zero-order valence-electron chi connectivity index (χ0n) is 13.3. The molecular weight excluding hydrogens is 316 g/mol. The van der Waals surface area contributed by atoms with E-state index in [1.165, 1.54) is 23.5 Å². The van der Waals surface area contributed by atoms with Crippen LogP contribution < -0.4 is 9.64 Å². The molecule has 1 aromatic carbocycles. The van der Waals surface area contributed by atoms with Gasteiger partial charge in [0.15, 0.2) is 0 Å². The van der Waals surface area contributed by atoms with Crippen molar-refractivity contribution < 1.29 is 9.53 Å². The summed E-state index contributed by atoms with van der Waals surface area (Å²) in [5.74, 6) is 0.752. The molecule has 1 heterocycles. The molecule has 4 nitrogen and oxygen atoms in total. The van der Waals surface area contributed by atoms with Crippen molar-refractivity contribution in [1.29, 1.82) is 0 Å². The van der Waals surface area contributed by atoms with Gasteiger partial charge in [-0.25, -0.2) is 4.99 Å². The van der Waals surface area contributed by atoms with E-state index < -0.39 is 0 Å². The number of hydrogen-bond acceptors (Lipinski definition) is 6. The maximum absolute atomic E-state index is 11.9. The fraction of sp³-hybridized carbons (Fsp3) is 0.375. The number of hydrogen-bond donors (Lipinski definition) is 0. The maximum atomic E-state index is 11.9. The normalized spacial score (nSPS) is 16.1. The van der Waals surface area contributed by atoms with Gasteiger partial charge in [0, 0.05) is 30.4 Å². The monoisotopic (exact) mass is 336 g/mol. The topological polar surface area (TPSA) is 41.9 Å². The largest absolute Gasteiger partial charge is 0.496 e. The summed E-state index contributed by atoms with van der Waals surface area (Å²) >= 11 is 2.66. The molecule has 1 aromatic rings. The summed E-state index contributed by atoms with van der Waals surface area (Å²) in [4.78, 5) is 18.5. The number of aliphatic imine (C=N–C) groups is 1. The number of anilines is 1. The first-order chi connectivity index (χ1) is 10.6. The molecule has 0 amide bonds. The van der Waals surface area contributed by atoms with Crippen molar-refractivity contribution in [1.82, 2.24) is 0 Å². The summed E-state index contributed by atoms with van der Waals surface area (Å²) in [5, 5.41) is -0.0146. The van der Waals surface area contributed by atoms with Crippen LogP contribution in [-0.2, 0) is 4.79 Å². The molecule has 0 aliphatic carbocycles. The Kier molecular flexibility index (Phi) is 5.97. The third-order valence-corrected chi connectivity index (χ3v) is 5.26. The Morgan fingerprint density at radius 2 is 2.09 bits per heavy atom. The summed E-state index contributed by atoms with van der Waals surface area (Å²) in [7, 11) is 1.64. The van der Waals surface area contributed by atoms with Gasteiger partial charge in [0.25, 0.3) is 0 Å². The van der Waals surface area contributed by atoms with Crippen LogP contribution in [0.15, 0.2) is 28.9 Å². The van der Waals surface area contributed by atoms with E-state index in [-0.39, 0.29) is 5.12 Å². The van der Waals surface area contributed by atoms with Gasteiger partial charge in [0.05, 0.1) is 7.11 Å². The quantitative estimate of drug-likeness (QED) is 0.764. The predicted octanol–water partition coefficient (Wildman–Crippen LogP) is 3.87. The number of ether oxygens (including phenoxy) is 1. The van der Waals surface area contributed by atoms with Gasteiger partial charge >= 0.3 is 0 Å². The average molecular weight is 336 g/mol. The van der Waals surface area contributed by atoms with E-state index in [9.17, 15) is 4.79 Å². The Bertz CT molecular complexity index is 623. The Labute approximate surface area is 140 Å². The molecule has 1 aliphatic heterocycles. The standard InChI is InChI=1S/C16H20N2O2S2/c1-5-18(6-2)12-8-7-11(14(10-12)20-3)9-13-15(19)22-16(17-13)21-4/h7-10H,5-6H2,1-4H3/b13-9+. The van der Waals surface area contributed by atoms with Gasteiger partial charge in [0.2, 0.25) is 5.12 Å². The predicted molar refractivity (Wildman–Crippen MR) is 98.1 cm³/mol. The number of methoxy groups -OCH3 is 1.